The van der Waals surface area contributed by atoms with Crippen LogP contribution in [-0.2, 0) is 11.3 Å². The first kappa shape index (κ1) is 13.6. The molecule has 0 N–H and O–H groups in total. The van der Waals surface area contributed by atoms with Gasteiger partial charge >= 0.3 is 0 Å². The SMILES string of the molecule is C=CC1CC(=O)N(c2ccc(Cn3ccnc3C)cc2)C1. The molecule has 4 nitrogen and oxygen atoms in total. The third-order valence-electron chi connectivity index (χ3n) is 4.01. The highest BCUT2D eigenvalue weighted by atomic mass is 16.2. The van der Waals surface area contributed by atoms with E-state index in [4.69, 9.17) is 0 Å². The van der Waals surface area contributed by atoms with Crippen LogP contribution in [0.15, 0.2) is 49.3 Å². The second-order valence-electron chi connectivity index (χ2n) is 5.47. The fourth-order valence-electron chi connectivity index (χ4n) is 2.69. The fourth-order valence-corrected chi connectivity index (χ4v) is 2.69. The van der Waals surface area contributed by atoms with Gasteiger partial charge < -0.3 is 9.47 Å². The number of imidazole rings is 1. The predicted octanol–water partition coefficient (Wildman–Crippen LogP) is 2.78. The summed E-state index contributed by atoms with van der Waals surface area (Å²) in [4.78, 5) is 18.1. The van der Waals surface area contributed by atoms with E-state index in [1.165, 1.54) is 5.56 Å². The van der Waals surface area contributed by atoms with Gasteiger partial charge in [-0.3, -0.25) is 4.79 Å². The third-order valence-corrected chi connectivity index (χ3v) is 4.01. The van der Waals surface area contributed by atoms with Crippen LogP contribution in [0, 0.1) is 12.8 Å². The minimum atomic E-state index is 0.179. The van der Waals surface area contributed by atoms with Gasteiger partial charge in [-0.2, -0.15) is 0 Å². The van der Waals surface area contributed by atoms with Crippen molar-refractivity contribution >= 4 is 11.6 Å². The minimum absolute atomic E-state index is 0.179. The van der Waals surface area contributed by atoms with E-state index >= 15 is 0 Å². The lowest BCUT2D eigenvalue weighted by Gasteiger charge is -2.16. The number of benzene rings is 1. The number of nitrogens with zero attached hydrogens (tertiary/aromatic N) is 3. The van der Waals surface area contributed by atoms with Crippen LogP contribution < -0.4 is 4.90 Å². The highest BCUT2D eigenvalue weighted by Gasteiger charge is 2.28. The molecule has 1 aromatic carbocycles. The molecular weight excluding hydrogens is 262 g/mol. The van der Waals surface area contributed by atoms with Crippen LogP contribution in [0.25, 0.3) is 0 Å². The number of anilines is 1. The first-order valence-electron chi connectivity index (χ1n) is 7.17. The zero-order chi connectivity index (χ0) is 14.8. The van der Waals surface area contributed by atoms with E-state index in [0.29, 0.717) is 6.42 Å². The first-order valence-corrected chi connectivity index (χ1v) is 7.17. The monoisotopic (exact) mass is 281 g/mol. The Hall–Kier alpha value is -2.36. The van der Waals surface area contributed by atoms with E-state index in [1.54, 1.807) is 0 Å². The molecular formula is C17H19N3O. The average Bonchev–Trinajstić information content (AvgIpc) is 3.06. The Morgan fingerprint density at radius 1 is 1.38 bits per heavy atom. The maximum atomic E-state index is 12.0. The topological polar surface area (TPSA) is 38.1 Å². The summed E-state index contributed by atoms with van der Waals surface area (Å²) >= 11 is 0. The molecule has 2 aromatic rings. The number of carbonyl (C=O) groups excluding carboxylic acids is 1. The Morgan fingerprint density at radius 3 is 2.71 bits per heavy atom. The minimum Gasteiger partial charge on any atom is -0.331 e. The number of aryl methyl sites for hydroxylation is 1. The van der Waals surface area contributed by atoms with Gasteiger partial charge in [-0.1, -0.05) is 18.2 Å². The van der Waals surface area contributed by atoms with Gasteiger partial charge in [0.15, 0.2) is 0 Å². The molecule has 0 saturated carbocycles. The molecule has 4 heteroatoms. The van der Waals surface area contributed by atoms with E-state index in [2.05, 4.69) is 28.3 Å². The van der Waals surface area contributed by atoms with Crippen molar-refractivity contribution in [1.29, 1.82) is 0 Å². The van der Waals surface area contributed by atoms with Crippen molar-refractivity contribution in [3.05, 3.63) is 60.7 Å². The summed E-state index contributed by atoms with van der Waals surface area (Å²) in [5, 5.41) is 0. The Kier molecular flexibility index (Phi) is 3.60. The Balaban J connectivity index is 1.74. The van der Waals surface area contributed by atoms with Crippen molar-refractivity contribution < 1.29 is 4.79 Å². The molecule has 1 saturated heterocycles. The number of carbonyl (C=O) groups is 1. The van der Waals surface area contributed by atoms with Gasteiger partial charge in [0, 0.05) is 43.5 Å². The molecule has 2 heterocycles. The molecule has 0 spiro atoms. The Bertz CT molecular complexity index is 657. The first-order chi connectivity index (χ1) is 10.2. The molecule has 108 valence electrons. The number of hydrogen-bond acceptors (Lipinski definition) is 2. The molecule has 0 bridgehead atoms. The van der Waals surface area contributed by atoms with Crippen molar-refractivity contribution in [2.45, 2.75) is 19.9 Å². The fraction of sp³-hybridized carbons (Fsp3) is 0.294. The highest BCUT2D eigenvalue weighted by Crippen LogP contribution is 2.25. The summed E-state index contributed by atoms with van der Waals surface area (Å²) in [5.74, 6) is 1.45. The molecule has 21 heavy (non-hydrogen) atoms. The lowest BCUT2D eigenvalue weighted by Crippen LogP contribution is -2.24. The van der Waals surface area contributed by atoms with Crippen molar-refractivity contribution in [2.24, 2.45) is 5.92 Å². The molecule has 0 radical (unpaired) electrons. The quantitative estimate of drug-likeness (QED) is 0.808. The summed E-state index contributed by atoms with van der Waals surface area (Å²) < 4.78 is 2.10. The maximum absolute atomic E-state index is 12.0. The van der Waals surface area contributed by atoms with Gasteiger partial charge in [-0.15, -0.1) is 6.58 Å². The lowest BCUT2D eigenvalue weighted by atomic mass is 10.1. The molecule has 1 aromatic heterocycles. The van der Waals surface area contributed by atoms with Crippen molar-refractivity contribution in [3.8, 4) is 0 Å². The van der Waals surface area contributed by atoms with Crippen LogP contribution in [0.2, 0.25) is 0 Å². The maximum Gasteiger partial charge on any atom is 0.227 e. The average molecular weight is 281 g/mol. The molecule has 1 unspecified atom stereocenters. The van der Waals surface area contributed by atoms with Gasteiger partial charge in [0.05, 0.1) is 0 Å². The smallest absolute Gasteiger partial charge is 0.227 e. The second-order valence-corrected chi connectivity index (χ2v) is 5.47. The van der Waals surface area contributed by atoms with Gasteiger partial charge in [-0.25, -0.2) is 4.98 Å². The zero-order valence-electron chi connectivity index (χ0n) is 12.2. The molecule has 3 rings (SSSR count). The predicted molar refractivity (Wildman–Crippen MR) is 83.2 cm³/mol. The number of aromatic nitrogens is 2. The summed E-state index contributed by atoms with van der Waals surface area (Å²) in [5.41, 5.74) is 2.17. The summed E-state index contributed by atoms with van der Waals surface area (Å²) in [7, 11) is 0. The normalized spacial score (nSPS) is 18.2. The largest absolute Gasteiger partial charge is 0.331 e. The van der Waals surface area contributed by atoms with Gasteiger partial charge in [0.2, 0.25) is 5.91 Å². The van der Waals surface area contributed by atoms with Crippen LogP contribution in [0.5, 0.6) is 0 Å². The van der Waals surface area contributed by atoms with Crippen molar-refractivity contribution in [1.82, 2.24) is 9.55 Å². The Morgan fingerprint density at radius 2 is 2.14 bits per heavy atom. The number of amides is 1. The summed E-state index contributed by atoms with van der Waals surface area (Å²) in [6, 6.07) is 8.18. The van der Waals surface area contributed by atoms with Gasteiger partial charge in [0.25, 0.3) is 0 Å². The van der Waals surface area contributed by atoms with Crippen LogP contribution in [0.1, 0.15) is 17.8 Å². The van der Waals surface area contributed by atoms with Crippen molar-refractivity contribution in [3.63, 3.8) is 0 Å². The molecule has 1 amide bonds. The molecule has 1 fully saturated rings. The van der Waals surface area contributed by atoms with Gasteiger partial charge in [0.1, 0.15) is 5.82 Å². The van der Waals surface area contributed by atoms with Crippen LogP contribution >= 0.6 is 0 Å². The third kappa shape index (κ3) is 2.75. The molecule has 1 aliphatic heterocycles. The summed E-state index contributed by atoms with van der Waals surface area (Å²) in [6.45, 7) is 7.31. The van der Waals surface area contributed by atoms with Gasteiger partial charge in [-0.05, 0) is 24.6 Å². The molecule has 0 aliphatic carbocycles. The highest BCUT2D eigenvalue weighted by molar-refractivity contribution is 5.95. The molecule has 1 aliphatic rings. The van der Waals surface area contributed by atoms with E-state index in [-0.39, 0.29) is 11.8 Å². The standard InChI is InChI=1S/C17H19N3O/c1-3-14-10-17(21)20(12-14)16-6-4-15(5-7-16)11-19-9-8-18-13(19)2/h3-9,14H,1,10-12H2,2H3. The Labute approximate surface area is 124 Å². The van der Waals surface area contributed by atoms with Crippen molar-refractivity contribution in [2.75, 3.05) is 11.4 Å². The van der Waals surface area contributed by atoms with E-state index in [1.807, 2.05) is 42.4 Å². The van der Waals surface area contributed by atoms with Crippen LogP contribution in [-0.4, -0.2) is 22.0 Å². The van der Waals surface area contributed by atoms with Crippen LogP contribution in [0.3, 0.4) is 0 Å². The van der Waals surface area contributed by atoms with E-state index < -0.39 is 0 Å². The van der Waals surface area contributed by atoms with Crippen LogP contribution in [0.4, 0.5) is 5.69 Å². The van der Waals surface area contributed by atoms with E-state index in [9.17, 15) is 4.79 Å². The molecule has 1 atom stereocenters. The summed E-state index contributed by atoms with van der Waals surface area (Å²) in [6.07, 6.45) is 6.22. The number of rotatable bonds is 4. The zero-order valence-corrected chi connectivity index (χ0v) is 12.2. The number of hydrogen-bond donors (Lipinski definition) is 0. The second kappa shape index (κ2) is 5.56. The van der Waals surface area contributed by atoms with E-state index in [0.717, 1.165) is 24.6 Å². The lowest BCUT2D eigenvalue weighted by molar-refractivity contribution is -0.117.